The first-order chi connectivity index (χ1) is 21.8. The second kappa shape index (κ2) is 8.82. The van der Waals surface area contributed by atoms with E-state index in [-0.39, 0.29) is 0 Å². The summed E-state index contributed by atoms with van der Waals surface area (Å²) in [5.41, 5.74) is 4.77. The summed E-state index contributed by atoms with van der Waals surface area (Å²) in [7, 11) is 0. The highest BCUT2D eigenvalue weighted by Gasteiger charge is 2.25. The minimum Gasteiger partial charge on any atom is -0.449 e. The van der Waals surface area contributed by atoms with Crippen LogP contribution in [0.2, 0.25) is 0 Å². The van der Waals surface area contributed by atoms with Crippen molar-refractivity contribution in [2.24, 2.45) is 0 Å². The third-order valence-electron chi connectivity index (χ3n) is 9.27. The molecule has 0 unspecified atom stereocenters. The topological polar surface area (TPSA) is 18.5 Å². The van der Waals surface area contributed by atoms with Crippen LogP contribution in [-0.4, -0.2) is 0 Å². The molecule has 2 heteroatoms. The fourth-order valence-corrected chi connectivity index (χ4v) is 7.26. The zero-order chi connectivity index (χ0) is 28.8. The molecular weight excluding hydrogens is 536 g/mol. The van der Waals surface area contributed by atoms with Crippen molar-refractivity contribution < 1.29 is 9.47 Å². The molecule has 0 amide bonds. The van der Waals surface area contributed by atoms with Crippen molar-refractivity contribution in [3.8, 4) is 45.3 Å². The Morgan fingerprint density at radius 2 is 0.818 bits per heavy atom. The Kier molecular flexibility index (Phi) is 4.75. The Hall–Kier alpha value is -5.86. The highest BCUT2D eigenvalue weighted by atomic mass is 16.6. The zero-order valence-electron chi connectivity index (χ0n) is 23.7. The molecule has 0 aromatic heterocycles. The van der Waals surface area contributed by atoms with Crippen LogP contribution in [0.15, 0.2) is 146 Å². The molecule has 9 aromatic rings. The maximum Gasteiger partial charge on any atom is 0.178 e. The van der Waals surface area contributed by atoms with E-state index < -0.39 is 0 Å². The van der Waals surface area contributed by atoms with Crippen molar-refractivity contribution in [2.75, 3.05) is 0 Å². The number of hydrogen-bond acceptors (Lipinski definition) is 2. The molecule has 204 valence electrons. The quantitative estimate of drug-likeness (QED) is 0.196. The lowest BCUT2D eigenvalue weighted by atomic mass is 9.87. The van der Waals surface area contributed by atoms with Gasteiger partial charge in [-0.1, -0.05) is 133 Å². The van der Waals surface area contributed by atoms with E-state index in [1.807, 2.05) is 6.07 Å². The van der Waals surface area contributed by atoms with Gasteiger partial charge in [-0.15, -0.1) is 0 Å². The van der Waals surface area contributed by atoms with Crippen molar-refractivity contribution in [3.05, 3.63) is 146 Å². The minimum absolute atomic E-state index is 0.729. The molecule has 44 heavy (non-hydrogen) atoms. The number of benzene rings is 9. The molecule has 1 aliphatic rings. The average Bonchev–Trinajstić information content (AvgIpc) is 3.10. The highest BCUT2D eigenvalue weighted by molar-refractivity contribution is 6.27. The monoisotopic (exact) mass is 560 g/mol. The summed E-state index contributed by atoms with van der Waals surface area (Å²) >= 11 is 0. The fourth-order valence-electron chi connectivity index (χ4n) is 7.26. The highest BCUT2D eigenvalue weighted by Crippen LogP contribution is 2.53. The van der Waals surface area contributed by atoms with Crippen LogP contribution < -0.4 is 9.47 Å². The zero-order valence-corrected chi connectivity index (χ0v) is 23.7. The van der Waals surface area contributed by atoms with Crippen LogP contribution in [-0.2, 0) is 0 Å². The molecule has 2 nitrogen and oxygen atoms in total. The molecular formula is C42H24O2. The largest absolute Gasteiger partial charge is 0.449 e. The Balaban J connectivity index is 1.16. The van der Waals surface area contributed by atoms with Gasteiger partial charge in [-0.05, 0) is 77.5 Å². The van der Waals surface area contributed by atoms with Gasteiger partial charge in [-0.2, -0.15) is 0 Å². The van der Waals surface area contributed by atoms with Crippen molar-refractivity contribution in [1.29, 1.82) is 0 Å². The van der Waals surface area contributed by atoms with Crippen LogP contribution in [0.25, 0.3) is 76.1 Å². The molecule has 0 spiro atoms. The summed E-state index contributed by atoms with van der Waals surface area (Å²) in [5, 5.41) is 12.1. The maximum absolute atomic E-state index is 6.73. The number of ether oxygens (including phenoxy) is 2. The molecule has 1 heterocycles. The smallest absolute Gasteiger partial charge is 0.178 e. The second-order valence-electron chi connectivity index (χ2n) is 11.6. The van der Waals surface area contributed by atoms with Crippen molar-refractivity contribution in [3.63, 3.8) is 0 Å². The third-order valence-corrected chi connectivity index (χ3v) is 9.27. The van der Waals surface area contributed by atoms with E-state index in [1.54, 1.807) is 0 Å². The van der Waals surface area contributed by atoms with Gasteiger partial charge in [-0.25, -0.2) is 0 Å². The number of hydrogen-bond donors (Lipinski definition) is 0. The Bertz CT molecular complexity index is 2600. The van der Waals surface area contributed by atoms with Gasteiger partial charge >= 0.3 is 0 Å². The molecule has 0 N–H and O–H groups in total. The second-order valence-corrected chi connectivity index (χ2v) is 11.6. The van der Waals surface area contributed by atoms with E-state index in [9.17, 15) is 0 Å². The summed E-state index contributed by atoms with van der Waals surface area (Å²) in [6, 6.07) is 51.8. The molecule has 10 rings (SSSR count). The Morgan fingerprint density at radius 3 is 1.43 bits per heavy atom. The molecule has 0 bridgehead atoms. The van der Waals surface area contributed by atoms with Gasteiger partial charge in [0.2, 0.25) is 0 Å². The van der Waals surface area contributed by atoms with Gasteiger partial charge in [-0.3, -0.25) is 0 Å². The number of fused-ring (bicyclic) bond motifs is 7. The molecule has 0 radical (unpaired) electrons. The van der Waals surface area contributed by atoms with E-state index in [1.165, 1.54) is 49.0 Å². The van der Waals surface area contributed by atoms with Crippen LogP contribution in [0.5, 0.6) is 23.0 Å². The summed E-state index contributed by atoms with van der Waals surface area (Å²) in [5.74, 6) is 3.00. The lowest BCUT2D eigenvalue weighted by molar-refractivity contribution is 0.367. The van der Waals surface area contributed by atoms with E-state index in [0.717, 1.165) is 50.1 Å². The first-order valence-corrected chi connectivity index (χ1v) is 15.0. The molecule has 0 saturated heterocycles. The van der Waals surface area contributed by atoms with Gasteiger partial charge in [0.25, 0.3) is 0 Å². The van der Waals surface area contributed by atoms with Crippen LogP contribution in [0, 0.1) is 0 Å². The van der Waals surface area contributed by atoms with Crippen molar-refractivity contribution in [1.82, 2.24) is 0 Å². The number of rotatable bonds is 2. The maximum atomic E-state index is 6.73. The average molecular weight is 561 g/mol. The lowest BCUT2D eigenvalue weighted by Gasteiger charge is -2.24. The van der Waals surface area contributed by atoms with Crippen molar-refractivity contribution in [2.45, 2.75) is 0 Å². The molecule has 9 aromatic carbocycles. The van der Waals surface area contributed by atoms with Crippen LogP contribution >= 0.6 is 0 Å². The van der Waals surface area contributed by atoms with Crippen LogP contribution in [0.3, 0.4) is 0 Å². The van der Waals surface area contributed by atoms with E-state index >= 15 is 0 Å². The Morgan fingerprint density at radius 1 is 0.318 bits per heavy atom. The summed E-state index contributed by atoms with van der Waals surface area (Å²) in [6.45, 7) is 0. The minimum atomic E-state index is 0.729. The normalized spacial score (nSPS) is 12.5. The summed E-state index contributed by atoms with van der Waals surface area (Å²) in [6.07, 6.45) is 0. The molecule has 0 atom stereocenters. The van der Waals surface area contributed by atoms with E-state index in [2.05, 4.69) is 140 Å². The third kappa shape index (κ3) is 3.25. The van der Waals surface area contributed by atoms with Crippen LogP contribution in [0.1, 0.15) is 0 Å². The van der Waals surface area contributed by atoms with Gasteiger partial charge in [0, 0.05) is 10.8 Å². The SMILES string of the molecule is c1ccc(-c2ccc3ccc4c(-c5ccc6c(c5)Oc5c(c7ccccc7c7ccccc57)O6)ccc5ccc2c3c54)cc1. The predicted molar refractivity (Wildman–Crippen MR) is 183 cm³/mol. The van der Waals surface area contributed by atoms with Crippen molar-refractivity contribution >= 4 is 53.9 Å². The van der Waals surface area contributed by atoms with Crippen LogP contribution in [0.4, 0.5) is 0 Å². The van der Waals surface area contributed by atoms with Gasteiger partial charge in [0.15, 0.2) is 23.0 Å². The lowest BCUT2D eigenvalue weighted by Crippen LogP contribution is -2.01. The predicted octanol–water partition coefficient (Wildman–Crippen LogP) is 12.1. The molecule has 0 fully saturated rings. The van der Waals surface area contributed by atoms with Gasteiger partial charge in [0.1, 0.15) is 0 Å². The first-order valence-electron chi connectivity index (χ1n) is 15.0. The summed E-state index contributed by atoms with van der Waals surface area (Å²) < 4.78 is 13.3. The Labute approximate surface area is 253 Å². The van der Waals surface area contributed by atoms with Gasteiger partial charge < -0.3 is 9.47 Å². The standard InChI is InChI=1S/C42H24O2/c1-2-8-25(9-3-1)29-19-14-26-17-22-34-30(20-15-27-16-21-33(29)39(26)40(27)34)28-18-23-37-38(24-28)44-42-36-13-7-5-11-32(36)31-10-4-6-12-35(31)41(42)43-37/h1-24H. The van der Waals surface area contributed by atoms with E-state index in [4.69, 9.17) is 9.47 Å². The first kappa shape index (κ1) is 23.7. The molecule has 0 aliphatic carbocycles. The van der Waals surface area contributed by atoms with Gasteiger partial charge in [0.05, 0.1) is 0 Å². The fraction of sp³-hybridized carbons (Fsp3) is 0. The summed E-state index contributed by atoms with van der Waals surface area (Å²) in [4.78, 5) is 0. The molecule has 0 saturated carbocycles. The molecule has 1 aliphatic heterocycles. The van der Waals surface area contributed by atoms with E-state index in [0.29, 0.717) is 0 Å².